The number of nitrogens with zero attached hydrogens (tertiary/aromatic N) is 1. The van der Waals surface area contributed by atoms with Gasteiger partial charge >= 0.3 is 18.0 Å². The maximum Gasteiger partial charge on any atom is 0.439 e. The molecule has 0 radical (unpaired) electrons. The standard InChI is InChI=1S/C13H14ClF6N3O/c1-2-3-4-10(24)23-11(12(15,16)17,13(18,19)20)22-9-6-5-8(14)7-21-9/h5-7H,2-4H2,1H3,(H,21,22)(H,23,24). The van der Waals surface area contributed by atoms with Crippen molar-refractivity contribution in [3.8, 4) is 0 Å². The minimum atomic E-state index is -5.87. The molecule has 1 rings (SSSR count). The molecule has 1 aromatic heterocycles. The van der Waals surface area contributed by atoms with Gasteiger partial charge in [-0.25, -0.2) is 4.98 Å². The van der Waals surface area contributed by atoms with Gasteiger partial charge in [0.25, 0.3) is 0 Å². The zero-order valence-electron chi connectivity index (χ0n) is 12.4. The van der Waals surface area contributed by atoms with Gasteiger partial charge in [0.05, 0.1) is 5.02 Å². The SMILES string of the molecule is CCCCC(=O)NC(Nc1ccc(Cl)cn1)(C(F)(F)F)C(F)(F)F. The number of hydrogen-bond donors (Lipinski definition) is 2. The highest BCUT2D eigenvalue weighted by molar-refractivity contribution is 6.30. The lowest BCUT2D eigenvalue weighted by atomic mass is 10.1. The number of amides is 1. The van der Waals surface area contributed by atoms with E-state index in [9.17, 15) is 31.1 Å². The molecule has 0 aromatic carbocycles. The molecule has 2 N–H and O–H groups in total. The fourth-order valence-corrected chi connectivity index (χ4v) is 1.84. The Morgan fingerprint density at radius 2 is 1.75 bits per heavy atom. The molecule has 0 atom stereocenters. The first-order chi connectivity index (χ1) is 10.9. The number of rotatable bonds is 6. The Hall–Kier alpha value is -1.71. The van der Waals surface area contributed by atoms with Gasteiger partial charge in [0.15, 0.2) is 0 Å². The Kier molecular flexibility index (Phi) is 6.32. The van der Waals surface area contributed by atoms with E-state index < -0.39 is 36.2 Å². The molecule has 136 valence electrons. The Balaban J connectivity index is 3.26. The van der Waals surface area contributed by atoms with Crippen LogP contribution in [0.1, 0.15) is 26.2 Å². The van der Waals surface area contributed by atoms with E-state index in [1.54, 1.807) is 6.92 Å². The number of unbranched alkanes of at least 4 members (excludes halogenated alkanes) is 1. The highest BCUT2D eigenvalue weighted by Gasteiger charge is 2.72. The second-order valence-electron chi connectivity index (χ2n) is 4.88. The first-order valence-electron chi connectivity index (χ1n) is 6.77. The van der Waals surface area contributed by atoms with Crippen molar-refractivity contribution in [2.24, 2.45) is 0 Å². The van der Waals surface area contributed by atoms with Crippen molar-refractivity contribution >= 4 is 23.3 Å². The number of aromatic nitrogens is 1. The van der Waals surface area contributed by atoms with Crippen LogP contribution < -0.4 is 10.6 Å². The van der Waals surface area contributed by atoms with Gasteiger partial charge in [-0.2, -0.15) is 26.3 Å². The monoisotopic (exact) mass is 377 g/mol. The van der Waals surface area contributed by atoms with E-state index in [1.807, 2.05) is 0 Å². The van der Waals surface area contributed by atoms with Crippen LogP contribution in [0.5, 0.6) is 0 Å². The normalized spacial score (nSPS) is 12.8. The maximum atomic E-state index is 13.3. The average molecular weight is 378 g/mol. The van der Waals surface area contributed by atoms with E-state index in [0.29, 0.717) is 6.42 Å². The molecule has 24 heavy (non-hydrogen) atoms. The number of pyridine rings is 1. The highest BCUT2D eigenvalue weighted by Crippen LogP contribution is 2.43. The van der Waals surface area contributed by atoms with Gasteiger partial charge in [0, 0.05) is 12.6 Å². The quantitative estimate of drug-likeness (QED) is 0.575. The van der Waals surface area contributed by atoms with Gasteiger partial charge < -0.3 is 10.6 Å². The third-order valence-corrected chi connectivity index (χ3v) is 3.20. The molecule has 0 aliphatic heterocycles. The summed E-state index contributed by atoms with van der Waals surface area (Å²) in [7, 11) is 0. The Bertz CT molecular complexity index is 544. The number of carbonyl (C=O) groups excluding carboxylic acids is 1. The predicted octanol–water partition coefficient (Wildman–Crippen LogP) is 4.27. The fourth-order valence-electron chi connectivity index (χ4n) is 1.73. The van der Waals surface area contributed by atoms with E-state index >= 15 is 0 Å². The summed E-state index contributed by atoms with van der Waals surface area (Å²) in [5.41, 5.74) is -4.66. The Labute approximate surface area is 138 Å². The zero-order chi connectivity index (χ0) is 18.6. The maximum absolute atomic E-state index is 13.3. The second kappa shape index (κ2) is 7.45. The smallest absolute Gasteiger partial charge is 0.332 e. The van der Waals surface area contributed by atoms with Crippen LogP contribution in [-0.4, -0.2) is 28.9 Å². The van der Waals surface area contributed by atoms with Crippen molar-refractivity contribution in [3.05, 3.63) is 23.4 Å². The number of hydrogen-bond acceptors (Lipinski definition) is 3. The van der Waals surface area contributed by atoms with Crippen molar-refractivity contribution in [2.45, 2.75) is 44.2 Å². The summed E-state index contributed by atoms with van der Waals surface area (Å²) in [6.45, 7) is 1.64. The molecule has 11 heteroatoms. The lowest BCUT2D eigenvalue weighted by Crippen LogP contribution is -2.72. The molecule has 0 fully saturated rings. The van der Waals surface area contributed by atoms with E-state index in [-0.39, 0.29) is 11.4 Å². The van der Waals surface area contributed by atoms with Gasteiger partial charge in [0.1, 0.15) is 5.82 Å². The van der Waals surface area contributed by atoms with Crippen LogP contribution in [0.15, 0.2) is 18.3 Å². The lowest BCUT2D eigenvalue weighted by Gasteiger charge is -2.38. The third kappa shape index (κ3) is 4.65. The number of anilines is 1. The number of carbonyl (C=O) groups is 1. The molecule has 4 nitrogen and oxygen atoms in total. The molecule has 0 aliphatic carbocycles. The summed E-state index contributed by atoms with van der Waals surface area (Å²) in [4.78, 5) is 14.9. The largest absolute Gasteiger partial charge is 0.439 e. The topological polar surface area (TPSA) is 54.0 Å². The molecule has 0 saturated heterocycles. The van der Waals surface area contributed by atoms with Gasteiger partial charge in [0.2, 0.25) is 5.91 Å². The van der Waals surface area contributed by atoms with Crippen LogP contribution in [0, 0.1) is 0 Å². The summed E-state index contributed by atoms with van der Waals surface area (Å²) in [6, 6.07) is 1.90. The molecule has 0 bridgehead atoms. The Morgan fingerprint density at radius 1 is 1.17 bits per heavy atom. The van der Waals surface area contributed by atoms with Crippen LogP contribution in [0.25, 0.3) is 0 Å². The lowest BCUT2D eigenvalue weighted by molar-refractivity contribution is -0.296. The second-order valence-corrected chi connectivity index (χ2v) is 5.32. The highest BCUT2D eigenvalue weighted by atomic mass is 35.5. The van der Waals surface area contributed by atoms with Crippen LogP contribution in [0.4, 0.5) is 32.2 Å². The molecular weight excluding hydrogens is 364 g/mol. The zero-order valence-corrected chi connectivity index (χ0v) is 13.1. The van der Waals surface area contributed by atoms with Crippen molar-refractivity contribution in [3.63, 3.8) is 0 Å². The number of nitrogens with one attached hydrogen (secondary N) is 2. The summed E-state index contributed by atoms with van der Waals surface area (Å²) in [5, 5.41) is 2.32. The van der Waals surface area contributed by atoms with Gasteiger partial charge in [-0.1, -0.05) is 24.9 Å². The number of alkyl halides is 6. The van der Waals surface area contributed by atoms with E-state index in [0.717, 1.165) is 23.6 Å². The van der Waals surface area contributed by atoms with E-state index in [1.165, 1.54) is 5.32 Å². The van der Waals surface area contributed by atoms with Gasteiger partial charge in [-0.05, 0) is 18.6 Å². The molecular formula is C13H14ClF6N3O. The summed E-state index contributed by atoms with van der Waals surface area (Å²) < 4.78 is 79.6. The summed E-state index contributed by atoms with van der Waals surface area (Å²) >= 11 is 5.50. The summed E-state index contributed by atoms with van der Waals surface area (Å²) in [5.74, 6) is -2.13. The average Bonchev–Trinajstić information content (AvgIpc) is 2.44. The number of halogens is 7. The molecule has 1 heterocycles. The van der Waals surface area contributed by atoms with Crippen LogP contribution >= 0.6 is 11.6 Å². The first kappa shape index (κ1) is 20.3. The third-order valence-electron chi connectivity index (χ3n) is 2.98. The van der Waals surface area contributed by atoms with Crippen molar-refractivity contribution in [1.82, 2.24) is 10.3 Å². The van der Waals surface area contributed by atoms with Gasteiger partial charge in [-0.15, -0.1) is 0 Å². The van der Waals surface area contributed by atoms with Gasteiger partial charge in [-0.3, -0.25) is 4.79 Å². The van der Waals surface area contributed by atoms with Crippen LogP contribution in [-0.2, 0) is 4.79 Å². The molecule has 0 saturated carbocycles. The van der Waals surface area contributed by atoms with Crippen LogP contribution in [0.3, 0.4) is 0 Å². The molecule has 0 unspecified atom stereocenters. The molecule has 0 spiro atoms. The fraction of sp³-hybridized carbons (Fsp3) is 0.538. The van der Waals surface area contributed by atoms with Crippen molar-refractivity contribution in [1.29, 1.82) is 0 Å². The molecule has 0 aliphatic rings. The molecule has 1 aromatic rings. The van der Waals surface area contributed by atoms with E-state index in [4.69, 9.17) is 11.6 Å². The van der Waals surface area contributed by atoms with Crippen LogP contribution in [0.2, 0.25) is 5.02 Å². The minimum absolute atomic E-state index is 0.0251. The first-order valence-corrected chi connectivity index (χ1v) is 7.15. The minimum Gasteiger partial charge on any atom is -0.332 e. The summed E-state index contributed by atoms with van der Waals surface area (Å²) in [6.07, 6.45) is -10.7. The van der Waals surface area contributed by atoms with Crippen molar-refractivity contribution < 1.29 is 31.1 Å². The Morgan fingerprint density at radius 3 is 2.17 bits per heavy atom. The van der Waals surface area contributed by atoms with E-state index in [2.05, 4.69) is 4.98 Å². The molecule has 1 amide bonds. The van der Waals surface area contributed by atoms with Crippen molar-refractivity contribution in [2.75, 3.05) is 5.32 Å². The predicted molar refractivity (Wildman–Crippen MR) is 75.4 cm³/mol.